The van der Waals surface area contributed by atoms with E-state index in [1.165, 1.54) is 0 Å². The van der Waals surface area contributed by atoms with Gasteiger partial charge in [-0.15, -0.1) is 0 Å². The van der Waals surface area contributed by atoms with Crippen LogP contribution < -0.4 is 5.32 Å². The summed E-state index contributed by atoms with van der Waals surface area (Å²) in [7, 11) is 0. The molecular weight excluding hydrogens is 254 g/mol. The summed E-state index contributed by atoms with van der Waals surface area (Å²) in [5.74, 6) is -0.0476. The summed E-state index contributed by atoms with van der Waals surface area (Å²) in [6.07, 6.45) is 3.75. The number of amides is 1. The smallest absolute Gasteiger partial charge is 0.251 e. The zero-order valence-electron chi connectivity index (χ0n) is 12.4. The Labute approximate surface area is 120 Å². The maximum absolute atomic E-state index is 12.0. The van der Waals surface area contributed by atoms with Gasteiger partial charge in [0, 0.05) is 43.6 Å². The van der Waals surface area contributed by atoms with Crippen molar-refractivity contribution in [2.24, 2.45) is 0 Å². The van der Waals surface area contributed by atoms with E-state index in [2.05, 4.69) is 36.0 Å². The van der Waals surface area contributed by atoms with Crippen LogP contribution >= 0.6 is 0 Å². The number of nitrogens with zero attached hydrogens (tertiary/aromatic N) is 2. The topological polar surface area (TPSA) is 54.5 Å². The minimum atomic E-state index is -0.0476. The molecule has 1 amide bonds. The molecule has 110 valence electrons. The van der Waals surface area contributed by atoms with Crippen molar-refractivity contribution in [2.45, 2.75) is 39.0 Å². The van der Waals surface area contributed by atoms with Crippen molar-refractivity contribution >= 4 is 5.91 Å². The second-order valence-electron chi connectivity index (χ2n) is 5.51. The van der Waals surface area contributed by atoms with Crippen LogP contribution in [0.3, 0.4) is 0 Å². The van der Waals surface area contributed by atoms with E-state index in [4.69, 9.17) is 4.74 Å². The number of carbonyl (C=O) groups is 1. The van der Waals surface area contributed by atoms with Gasteiger partial charge in [0.15, 0.2) is 0 Å². The molecule has 0 unspecified atom stereocenters. The zero-order chi connectivity index (χ0) is 14.5. The van der Waals surface area contributed by atoms with Crippen LogP contribution in [0.15, 0.2) is 24.5 Å². The van der Waals surface area contributed by atoms with Gasteiger partial charge in [-0.1, -0.05) is 0 Å². The predicted octanol–water partition coefficient (Wildman–Crippen LogP) is 1.31. The first-order chi connectivity index (χ1) is 9.56. The number of ether oxygens (including phenoxy) is 1. The summed E-state index contributed by atoms with van der Waals surface area (Å²) in [5, 5.41) is 2.98. The van der Waals surface area contributed by atoms with E-state index >= 15 is 0 Å². The van der Waals surface area contributed by atoms with Crippen molar-refractivity contribution in [2.75, 3.05) is 19.6 Å². The fourth-order valence-corrected chi connectivity index (χ4v) is 2.55. The molecule has 1 aromatic rings. The molecule has 0 aliphatic carbocycles. The Balaban J connectivity index is 1.83. The van der Waals surface area contributed by atoms with Gasteiger partial charge >= 0.3 is 0 Å². The van der Waals surface area contributed by atoms with Crippen molar-refractivity contribution in [1.29, 1.82) is 0 Å². The Morgan fingerprint density at radius 3 is 2.60 bits per heavy atom. The van der Waals surface area contributed by atoms with E-state index in [0.29, 0.717) is 18.2 Å². The molecule has 1 aliphatic heterocycles. The van der Waals surface area contributed by atoms with Gasteiger partial charge in [0.05, 0.1) is 12.2 Å². The van der Waals surface area contributed by atoms with Crippen LogP contribution in [0.25, 0.3) is 0 Å². The Morgan fingerprint density at radius 1 is 1.40 bits per heavy atom. The normalized spacial score (nSPS) is 25.1. The molecule has 5 nitrogen and oxygen atoms in total. The molecule has 1 saturated heterocycles. The van der Waals surface area contributed by atoms with Gasteiger partial charge in [-0.3, -0.25) is 14.7 Å². The number of nitrogens with one attached hydrogen (secondary N) is 1. The molecule has 2 heterocycles. The first-order valence-corrected chi connectivity index (χ1v) is 7.14. The number of aromatic nitrogens is 1. The highest BCUT2D eigenvalue weighted by molar-refractivity contribution is 5.93. The highest BCUT2D eigenvalue weighted by atomic mass is 16.5. The summed E-state index contributed by atoms with van der Waals surface area (Å²) < 4.78 is 5.73. The molecule has 0 saturated carbocycles. The lowest BCUT2D eigenvalue weighted by Gasteiger charge is -2.39. The third-order valence-electron chi connectivity index (χ3n) is 3.57. The molecule has 2 rings (SSSR count). The van der Waals surface area contributed by atoms with E-state index in [9.17, 15) is 4.79 Å². The zero-order valence-corrected chi connectivity index (χ0v) is 12.4. The van der Waals surface area contributed by atoms with E-state index in [1.807, 2.05) is 0 Å². The second kappa shape index (κ2) is 6.81. The number of hydrogen-bond donors (Lipinski definition) is 1. The van der Waals surface area contributed by atoms with E-state index < -0.39 is 0 Å². The van der Waals surface area contributed by atoms with Crippen LogP contribution in [0.5, 0.6) is 0 Å². The molecule has 1 aromatic heterocycles. The lowest BCUT2D eigenvalue weighted by molar-refractivity contribution is -0.0778. The summed E-state index contributed by atoms with van der Waals surface area (Å²) in [4.78, 5) is 18.3. The lowest BCUT2D eigenvalue weighted by Crippen LogP contribution is -2.52. The fourth-order valence-electron chi connectivity index (χ4n) is 2.55. The SMILES string of the molecule is C[C@@H]1CN([C@H](C)CNC(=O)c2ccncc2)C[C@H](C)O1. The van der Waals surface area contributed by atoms with E-state index in [-0.39, 0.29) is 18.1 Å². The molecule has 0 spiro atoms. The Kier molecular flexibility index (Phi) is 5.09. The number of carbonyl (C=O) groups excluding carboxylic acids is 1. The van der Waals surface area contributed by atoms with Gasteiger partial charge in [0.1, 0.15) is 0 Å². The van der Waals surface area contributed by atoms with Crippen LogP contribution in [0, 0.1) is 0 Å². The average molecular weight is 277 g/mol. The largest absolute Gasteiger partial charge is 0.373 e. The highest BCUT2D eigenvalue weighted by Crippen LogP contribution is 2.13. The molecule has 0 radical (unpaired) electrons. The maximum Gasteiger partial charge on any atom is 0.251 e. The van der Waals surface area contributed by atoms with Crippen molar-refractivity contribution in [3.05, 3.63) is 30.1 Å². The highest BCUT2D eigenvalue weighted by Gasteiger charge is 2.25. The molecule has 0 bridgehead atoms. The Hall–Kier alpha value is -1.46. The summed E-state index contributed by atoms with van der Waals surface area (Å²) >= 11 is 0. The molecule has 3 atom stereocenters. The molecule has 5 heteroatoms. The van der Waals surface area contributed by atoms with Crippen molar-refractivity contribution in [3.63, 3.8) is 0 Å². The molecule has 1 fully saturated rings. The number of rotatable bonds is 4. The predicted molar refractivity (Wildman–Crippen MR) is 77.6 cm³/mol. The lowest BCUT2D eigenvalue weighted by atomic mass is 10.1. The molecule has 1 aliphatic rings. The number of hydrogen-bond acceptors (Lipinski definition) is 4. The van der Waals surface area contributed by atoms with Crippen molar-refractivity contribution in [3.8, 4) is 0 Å². The van der Waals surface area contributed by atoms with Gasteiger partial charge in [-0.2, -0.15) is 0 Å². The quantitative estimate of drug-likeness (QED) is 0.901. The Morgan fingerprint density at radius 2 is 2.00 bits per heavy atom. The van der Waals surface area contributed by atoms with Crippen LogP contribution in [-0.2, 0) is 4.74 Å². The summed E-state index contributed by atoms with van der Waals surface area (Å²) in [6.45, 7) is 8.78. The van der Waals surface area contributed by atoms with Crippen LogP contribution in [0.2, 0.25) is 0 Å². The number of pyridine rings is 1. The summed E-state index contributed by atoms with van der Waals surface area (Å²) in [6, 6.07) is 3.74. The molecule has 1 N–H and O–H groups in total. The third-order valence-corrected chi connectivity index (χ3v) is 3.57. The van der Waals surface area contributed by atoms with Gasteiger partial charge in [0.2, 0.25) is 0 Å². The fraction of sp³-hybridized carbons (Fsp3) is 0.600. The van der Waals surface area contributed by atoms with Crippen LogP contribution in [0.1, 0.15) is 31.1 Å². The van der Waals surface area contributed by atoms with Gasteiger partial charge in [-0.25, -0.2) is 0 Å². The van der Waals surface area contributed by atoms with Gasteiger partial charge in [0.25, 0.3) is 5.91 Å². The molecule has 0 aromatic carbocycles. The third kappa shape index (κ3) is 4.02. The standard InChI is InChI=1S/C15H23N3O2/c1-11(18-9-12(2)20-13(3)10-18)8-17-15(19)14-4-6-16-7-5-14/h4-7,11-13H,8-10H2,1-3H3,(H,17,19)/t11-,12-,13+/m1/s1. The van der Waals surface area contributed by atoms with Crippen LogP contribution in [-0.4, -0.2) is 53.7 Å². The maximum atomic E-state index is 12.0. The second-order valence-corrected chi connectivity index (χ2v) is 5.51. The minimum Gasteiger partial charge on any atom is -0.373 e. The molecular formula is C15H23N3O2. The van der Waals surface area contributed by atoms with Crippen LogP contribution in [0.4, 0.5) is 0 Å². The Bertz CT molecular complexity index is 428. The minimum absolute atomic E-state index is 0.0476. The average Bonchev–Trinajstić information content (AvgIpc) is 2.44. The van der Waals surface area contributed by atoms with Gasteiger partial charge < -0.3 is 10.1 Å². The number of morpholine rings is 1. The first kappa shape index (κ1) is 14.9. The molecule has 20 heavy (non-hydrogen) atoms. The van der Waals surface area contributed by atoms with E-state index in [0.717, 1.165) is 13.1 Å². The van der Waals surface area contributed by atoms with Crippen molar-refractivity contribution in [1.82, 2.24) is 15.2 Å². The monoisotopic (exact) mass is 277 g/mol. The first-order valence-electron chi connectivity index (χ1n) is 7.14. The van der Waals surface area contributed by atoms with Gasteiger partial charge in [-0.05, 0) is 32.9 Å². The summed E-state index contributed by atoms with van der Waals surface area (Å²) in [5.41, 5.74) is 0.649. The van der Waals surface area contributed by atoms with Crippen molar-refractivity contribution < 1.29 is 9.53 Å². The van der Waals surface area contributed by atoms with E-state index in [1.54, 1.807) is 24.5 Å².